The van der Waals surface area contributed by atoms with Gasteiger partial charge < -0.3 is 18.8 Å². The Bertz CT molecular complexity index is 1460. The van der Waals surface area contributed by atoms with E-state index in [2.05, 4.69) is 48.7 Å². The van der Waals surface area contributed by atoms with Crippen LogP contribution in [0.5, 0.6) is 23.1 Å². The van der Waals surface area contributed by atoms with Crippen molar-refractivity contribution in [3.05, 3.63) is 84.2 Å². The van der Waals surface area contributed by atoms with E-state index in [4.69, 9.17) is 24.2 Å². The highest BCUT2D eigenvalue weighted by Gasteiger charge is 2.19. The van der Waals surface area contributed by atoms with Gasteiger partial charge in [0.15, 0.2) is 5.65 Å². The van der Waals surface area contributed by atoms with E-state index < -0.39 is 0 Å². The fourth-order valence-corrected chi connectivity index (χ4v) is 4.25. The second-order valence-corrected chi connectivity index (χ2v) is 8.18. The van der Waals surface area contributed by atoms with Gasteiger partial charge in [-0.15, -0.1) is 0 Å². The summed E-state index contributed by atoms with van der Waals surface area (Å²) in [5, 5.41) is 2.33. The molecule has 0 spiro atoms. The van der Waals surface area contributed by atoms with E-state index in [0.717, 1.165) is 40.4 Å². The summed E-state index contributed by atoms with van der Waals surface area (Å²) in [6, 6.07) is 24.0. The van der Waals surface area contributed by atoms with Gasteiger partial charge in [0.1, 0.15) is 28.6 Å². The van der Waals surface area contributed by atoms with Gasteiger partial charge in [-0.2, -0.15) is 4.98 Å². The van der Waals surface area contributed by atoms with Crippen molar-refractivity contribution in [2.75, 3.05) is 14.2 Å². The zero-order valence-corrected chi connectivity index (χ0v) is 19.8. The van der Waals surface area contributed by atoms with E-state index >= 15 is 0 Å². The van der Waals surface area contributed by atoms with Crippen molar-refractivity contribution in [2.45, 2.75) is 26.3 Å². The molecule has 0 fully saturated rings. The van der Waals surface area contributed by atoms with Gasteiger partial charge in [0.25, 0.3) is 0 Å². The third-order valence-electron chi connectivity index (χ3n) is 6.15. The molecule has 0 amide bonds. The molecule has 0 radical (unpaired) electrons. The number of aromatic nitrogens is 3. The van der Waals surface area contributed by atoms with Gasteiger partial charge in [0.2, 0.25) is 5.88 Å². The van der Waals surface area contributed by atoms with Gasteiger partial charge >= 0.3 is 0 Å². The summed E-state index contributed by atoms with van der Waals surface area (Å²) in [5.74, 6) is 3.97. The molecule has 6 heteroatoms. The Morgan fingerprint density at radius 2 is 1.44 bits per heavy atom. The van der Waals surface area contributed by atoms with Crippen LogP contribution < -0.4 is 14.2 Å². The SMILES string of the molecule is CCn1c(C(C)c2ccc3cc(OC)ccc3c2)nc2ccc(Oc3ccc(OC)cc3)nc21. The Labute approximate surface area is 198 Å². The smallest absolute Gasteiger partial charge is 0.221 e. The van der Waals surface area contributed by atoms with Crippen LogP contribution in [0.3, 0.4) is 0 Å². The molecule has 6 nitrogen and oxygen atoms in total. The van der Waals surface area contributed by atoms with Crippen molar-refractivity contribution in [1.29, 1.82) is 0 Å². The van der Waals surface area contributed by atoms with Gasteiger partial charge in [0.05, 0.1) is 14.2 Å². The Balaban J connectivity index is 1.48. The van der Waals surface area contributed by atoms with Crippen molar-refractivity contribution in [2.24, 2.45) is 0 Å². The molecule has 0 N–H and O–H groups in total. The van der Waals surface area contributed by atoms with E-state index in [1.807, 2.05) is 42.5 Å². The first-order valence-electron chi connectivity index (χ1n) is 11.4. The number of aryl methyl sites for hydroxylation is 1. The molecule has 0 aliphatic carbocycles. The average molecular weight is 454 g/mol. The molecule has 0 saturated heterocycles. The molecule has 1 atom stereocenters. The summed E-state index contributed by atoms with van der Waals surface area (Å²) in [5.41, 5.74) is 2.88. The number of nitrogens with zero attached hydrogens (tertiary/aromatic N) is 3. The van der Waals surface area contributed by atoms with Crippen molar-refractivity contribution >= 4 is 21.9 Å². The highest BCUT2D eigenvalue weighted by atomic mass is 16.5. The van der Waals surface area contributed by atoms with Crippen LogP contribution in [-0.2, 0) is 6.54 Å². The second-order valence-electron chi connectivity index (χ2n) is 8.18. The Hall–Kier alpha value is -4.06. The number of ether oxygens (including phenoxy) is 3. The van der Waals surface area contributed by atoms with Crippen LogP contribution >= 0.6 is 0 Å². The number of rotatable bonds is 7. The third-order valence-corrected chi connectivity index (χ3v) is 6.15. The highest BCUT2D eigenvalue weighted by Crippen LogP contribution is 2.31. The molecular formula is C28H27N3O3. The number of imidazole rings is 1. The number of benzene rings is 3. The molecule has 0 aliphatic heterocycles. The van der Waals surface area contributed by atoms with E-state index in [9.17, 15) is 0 Å². The molecule has 5 rings (SSSR count). The largest absolute Gasteiger partial charge is 0.497 e. The van der Waals surface area contributed by atoms with Crippen molar-refractivity contribution < 1.29 is 14.2 Å². The van der Waals surface area contributed by atoms with Gasteiger partial charge in [-0.1, -0.05) is 31.2 Å². The van der Waals surface area contributed by atoms with Gasteiger partial charge in [0, 0.05) is 18.5 Å². The number of pyridine rings is 1. The topological polar surface area (TPSA) is 58.4 Å². The molecule has 34 heavy (non-hydrogen) atoms. The Kier molecular flexibility index (Phi) is 5.80. The average Bonchev–Trinajstić information content (AvgIpc) is 3.26. The van der Waals surface area contributed by atoms with Gasteiger partial charge in [-0.05, 0) is 65.7 Å². The zero-order valence-electron chi connectivity index (χ0n) is 19.8. The number of fused-ring (bicyclic) bond motifs is 2. The van der Waals surface area contributed by atoms with Crippen molar-refractivity contribution in [3.63, 3.8) is 0 Å². The Morgan fingerprint density at radius 1 is 0.765 bits per heavy atom. The Morgan fingerprint density at radius 3 is 2.18 bits per heavy atom. The summed E-state index contributed by atoms with van der Waals surface area (Å²) < 4.78 is 18.7. The first-order valence-corrected chi connectivity index (χ1v) is 11.4. The normalized spacial score (nSPS) is 12.1. The minimum atomic E-state index is 0.103. The van der Waals surface area contributed by atoms with Gasteiger partial charge in [-0.3, -0.25) is 0 Å². The lowest BCUT2D eigenvalue weighted by atomic mass is 9.97. The lowest BCUT2D eigenvalue weighted by Crippen LogP contribution is -2.07. The molecule has 0 saturated carbocycles. The van der Waals surface area contributed by atoms with Crippen molar-refractivity contribution in [1.82, 2.24) is 14.5 Å². The fraction of sp³-hybridized carbons (Fsp3) is 0.214. The number of methoxy groups -OCH3 is 2. The van der Waals surface area contributed by atoms with Gasteiger partial charge in [-0.25, -0.2) is 4.98 Å². The predicted octanol–water partition coefficient (Wildman–Crippen LogP) is 6.57. The quantitative estimate of drug-likeness (QED) is 0.279. The lowest BCUT2D eigenvalue weighted by Gasteiger charge is -2.15. The summed E-state index contributed by atoms with van der Waals surface area (Å²) in [6.45, 7) is 5.06. The van der Waals surface area contributed by atoms with Crippen molar-refractivity contribution in [3.8, 4) is 23.1 Å². The van der Waals surface area contributed by atoms with E-state index in [0.29, 0.717) is 11.6 Å². The lowest BCUT2D eigenvalue weighted by molar-refractivity contribution is 0.412. The van der Waals surface area contributed by atoms with Crippen LogP contribution in [0.2, 0.25) is 0 Å². The molecule has 3 aromatic carbocycles. The molecule has 2 aromatic heterocycles. The standard InChI is InChI=1S/C28H27N3O3/c1-5-31-27(18(2)19-6-7-21-17-24(33-4)9-8-20(21)16-19)29-25-14-15-26(30-28(25)31)34-23-12-10-22(32-3)11-13-23/h6-18H,5H2,1-4H3. The fourth-order valence-electron chi connectivity index (χ4n) is 4.25. The van der Waals surface area contributed by atoms with Crippen LogP contribution in [0.4, 0.5) is 0 Å². The second kappa shape index (κ2) is 9.06. The maximum atomic E-state index is 5.99. The maximum Gasteiger partial charge on any atom is 0.221 e. The van der Waals surface area contributed by atoms with Crippen LogP contribution in [-0.4, -0.2) is 28.8 Å². The number of hydrogen-bond donors (Lipinski definition) is 0. The third kappa shape index (κ3) is 4.03. The molecule has 5 aromatic rings. The number of hydrogen-bond acceptors (Lipinski definition) is 5. The molecule has 0 aliphatic rings. The predicted molar refractivity (Wildman–Crippen MR) is 134 cm³/mol. The van der Waals surface area contributed by atoms with Crippen LogP contribution in [0.1, 0.15) is 31.2 Å². The van der Waals surface area contributed by atoms with E-state index in [1.54, 1.807) is 14.2 Å². The maximum absolute atomic E-state index is 5.99. The molecule has 0 bridgehead atoms. The van der Waals surface area contributed by atoms with E-state index in [1.165, 1.54) is 10.9 Å². The molecule has 1 unspecified atom stereocenters. The first kappa shape index (κ1) is 21.8. The molecule has 2 heterocycles. The molecule has 172 valence electrons. The molecular weight excluding hydrogens is 426 g/mol. The summed E-state index contributed by atoms with van der Waals surface area (Å²) in [4.78, 5) is 9.73. The zero-order chi connectivity index (χ0) is 23.7. The first-order chi connectivity index (χ1) is 16.6. The minimum absolute atomic E-state index is 0.103. The van der Waals surface area contributed by atoms with Crippen LogP contribution in [0, 0.1) is 0 Å². The minimum Gasteiger partial charge on any atom is -0.497 e. The highest BCUT2D eigenvalue weighted by molar-refractivity contribution is 5.84. The summed E-state index contributed by atoms with van der Waals surface area (Å²) in [7, 11) is 3.33. The van der Waals surface area contributed by atoms with Crippen LogP contribution in [0.15, 0.2) is 72.8 Å². The summed E-state index contributed by atoms with van der Waals surface area (Å²) >= 11 is 0. The monoisotopic (exact) mass is 453 g/mol. The van der Waals surface area contributed by atoms with Crippen LogP contribution in [0.25, 0.3) is 21.9 Å². The summed E-state index contributed by atoms with van der Waals surface area (Å²) in [6.07, 6.45) is 0. The van der Waals surface area contributed by atoms with E-state index in [-0.39, 0.29) is 5.92 Å².